The van der Waals surface area contributed by atoms with E-state index in [-0.39, 0.29) is 17.9 Å². The molecule has 1 heterocycles. The van der Waals surface area contributed by atoms with Crippen molar-refractivity contribution in [1.29, 1.82) is 0 Å². The van der Waals surface area contributed by atoms with Crippen molar-refractivity contribution < 1.29 is 9.18 Å². The monoisotopic (exact) mass is 327 g/mol. The molecule has 1 fully saturated rings. The van der Waals surface area contributed by atoms with Gasteiger partial charge in [-0.2, -0.15) is 0 Å². The molecule has 2 aromatic rings. The van der Waals surface area contributed by atoms with Crippen LogP contribution >= 0.6 is 0 Å². The lowest BCUT2D eigenvalue weighted by Gasteiger charge is -2.28. The second-order valence-corrected chi connectivity index (χ2v) is 6.21. The minimum Gasteiger partial charge on any atom is -0.335 e. The largest absolute Gasteiger partial charge is 0.335 e. The van der Waals surface area contributed by atoms with Gasteiger partial charge in [-0.15, -0.1) is 0 Å². The van der Waals surface area contributed by atoms with Gasteiger partial charge in [0.1, 0.15) is 5.82 Å². The lowest BCUT2D eigenvalue weighted by atomic mass is 9.96. The Balaban J connectivity index is 1.79. The third kappa shape index (κ3) is 4.31. The maximum atomic E-state index is 13.6. The Bertz CT molecular complexity index is 671. The van der Waals surface area contributed by atoms with Gasteiger partial charge in [0, 0.05) is 24.1 Å². The van der Waals surface area contributed by atoms with E-state index in [0.717, 1.165) is 31.2 Å². The fourth-order valence-electron chi connectivity index (χ4n) is 3.10. The first-order valence-corrected chi connectivity index (χ1v) is 8.45. The molecule has 0 atom stereocenters. The molecule has 2 amide bonds. The van der Waals surface area contributed by atoms with Gasteiger partial charge < -0.3 is 5.32 Å². The van der Waals surface area contributed by atoms with E-state index < -0.39 is 0 Å². The third-order valence-electron chi connectivity index (χ3n) is 4.36. The van der Waals surface area contributed by atoms with Gasteiger partial charge in [0.2, 0.25) is 0 Å². The summed E-state index contributed by atoms with van der Waals surface area (Å²) < 4.78 is 13.6. The molecule has 0 unspecified atom stereocenters. The van der Waals surface area contributed by atoms with Crippen LogP contribution in [0.5, 0.6) is 0 Å². The van der Waals surface area contributed by atoms with E-state index in [1.165, 1.54) is 18.6 Å². The Kier molecular flexibility index (Phi) is 5.41. The maximum Gasteiger partial charge on any atom is 0.322 e. The number of pyridine rings is 1. The van der Waals surface area contributed by atoms with Crippen LogP contribution in [0.15, 0.2) is 48.8 Å². The van der Waals surface area contributed by atoms with Crippen molar-refractivity contribution in [2.75, 3.05) is 4.90 Å². The molecule has 1 saturated carbocycles. The average molecular weight is 327 g/mol. The second-order valence-electron chi connectivity index (χ2n) is 6.21. The molecule has 4 nitrogen and oxygen atoms in total. The van der Waals surface area contributed by atoms with Crippen molar-refractivity contribution in [2.24, 2.45) is 0 Å². The van der Waals surface area contributed by atoms with Crippen LogP contribution in [0.3, 0.4) is 0 Å². The summed E-state index contributed by atoms with van der Waals surface area (Å²) in [5, 5.41) is 3.10. The van der Waals surface area contributed by atoms with Crippen LogP contribution in [0.25, 0.3) is 0 Å². The fraction of sp³-hybridized carbons (Fsp3) is 0.368. The predicted octanol–water partition coefficient (Wildman–Crippen LogP) is 4.27. The topological polar surface area (TPSA) is 45.2 Å². The summed E-state index contributed by atoms with van der Waals surface area (Å²) >= 11 is 0. The summed E-state index contributed by atoms with van der Waals surface area (Å²) in [6.07, 6.45) is 8.96. The molecule has 1 aromatic heterocycles. The molecule has 1 aromatic carbocycles. The minimum atomic E-state index is -0.353. The van der Waals surface area contributed by atoms with Crippen LogP contribution in [-0.2, 0) is 6.54 Å². The number of anilines is 1. The number of nitrogens with zero attached hydrogens (tertiary/aromatic N) is 2. The van der Waals surface area contributed by atoms with Gasteiger partial charge in [0.05, 0.1) is 6.54 Å². The van der Waals surface area contributed by atoms with Crippen LogP contribution in [0.1, 0.15) is 37.7 Å². The molecule has 0 radical (unpaired) electrons. The molecular formula is C19H22FN3O. The van der Waals surface area contributed by atoms with Gasteiger partial charge in [-0.25, -0.2) is 9.18 Å². The molecule has 24 heavy (non-hydrogen) atoms. The molecule has 0 aliphatic heterocycles. The van der Waals surface area contributed by atoms with Crippen molar-refractivity contribution in [2.45, 2.75) is 44.7 Å². The highest BCUT2D eigenvalue weighted by Gasteiger charge is 2.21. The SMILES string of the molecule is O=C(NC1CCCCC1)N(Cc1cccnc1)c1cccc(F)c1. The Morgan fingerprint density at radius 1 is 1.21 bits per heavy atom. The number of hydrogen-bond donors (Lipinski definition) is 1. The molecular weight excluding hydrogens is 305 g/mol. The predicted molar refractivity (Wildman–Crippen MR) is 92.2 cm³/mol. The minimum absolute atomic E-state index is 0.184. The lowest BCUT2D eigenvalue weighted by molar-refractivity contribution is 0.238. The van der Waals surface area contributed by atoms with Crippen LogP contribution in [0, 0.1) is 5.82 Å². The van der Waals surface area contributed by atoms with Crippen molar-refractivity contribution in [1.82, 2.24) is 10.3 Å². The van der Waals surface area contributed by atoms with Gasteiger partial charge >= 0.3 is 6.03 Å². The summed E-state index contributed by atoms with van der Waals surface area (Å²) in [4.78, 5) is 18.5. The normalized spacial score (nSPS) is 15.0. The second kappa shape index (κ2) is 7.90. The first-order chi connectivity index (χ1) is 11.7. The van der Waals surface area contributed by atoms with E-state index in [9.17, 15) is 9.18 Å². The number of carbonyl (C=O) groups excluding carboxylic acids is 1. The van der Waals surface area contributed by atoms with E-state index in [1.54, 1.807) is 29.4 Å². The number of nitrogens with one attached hydrogen (secondary N) is 1. The van der Waals surface area contributed by atoms with Crippen LogP contribution < -0.4 is 10.2 Å². The van der Waals surface area contributed by atoms with Crippen molar-refractivity contribution in [3.8, 4) is 0 Å². The smallest absolute Gasteiger partial charge is 0.322 e. The number of amides is 2. The van der Waals surface area contributed by atoms with Gasteiger partial charge in [-0.1, -0.05) is 31.4 Å². The summed E-state index contributed by atoms with van der Waals surface area (Å²) in [5.41, 5.74) is 1.45. The van der Waals surface area contributed by atoms with E-state index in [2.05, 4.69) is 10.3 Å². The molecule has 0 bridgehead atoms. The molecule has 0 spiro atoms. The molecule has 1 aliphatic carbocycles. The van der Waals surface area contributed by atoms with Crippen molar-refractivity contribution >= 4 is 11.7 Å². The standard InChI is InChI=1S/C19H22FN3O/c20-16-7-4-10-18(12-16)23(14-15-6-5-11-21-13-15)19(24)22-17-8-2-1-3-9-17/h4-7,10-13,17H,1-3,8-9,14H2,(H,22,24). The van der Waals surface area contributed by atoms with Crippen LogP contribution in [0.4, 0.5) is 14.9 Å². The van der Waals surface area contributed by atoms with E-state index >= 15 is 0 Å². The molecule has 1 aliphatic rings. The first-order valence-electron chi connectivity index (χ1n) is 8.45. The average Bonchev–Trinajstić information content (AvgIpc) is 2.61. The highest BCUT2D eigenvalue weighted by atomic mass is 19.1. The Morgan fingerprint density at radius 2 is 2.04 bits per heavy atom. The summed E-state index contributed by atoms with van der Waals surface area (Å²) in [6, 6.07) is 9.90. The number of aromatic nitrogens is 1. The van der Waals surface area contributed by atoms with Gasteiger partial charge in [0.25, 0.3) is 0 Å². The zero-order valence-corrected chi connectivity index (χ0v) is 13.6. The molecule has 1 N–H and O–H groups in total. The Morgan fingerprint density at radius 3 is 2.75 bits per heavy atom. The number of rotatable bonds is 4. The van der Waals surface area contributed by atoms with Crippen LogP contribution in [-0.4, -0.2) is 17.1 Å². The Hall–Kier alpha value is -2.43. The Labute approximate surface area is 141 Å². The highest BCUT2D eigenvalue weighted by Crippen LogP contribution is 2.21. The van der Waals surface area contributed by atoms with Gasteiger partial charge in [-0.05, 0) is 42.7 Å². The van der Waals surface area contributed by atoms with Gasteiger partial charge in [0.15, 0.2) is 0 Å². The summed E-state index contributed by atoms with van der Waals surface area (Å²) in [7, 11) is 0. The van der Waals surface area contributed by atoms with Crippen LogP contribution in [0.2, 0.25) is 0 Å². The summed E-state index contributed by atoms with van der Waals surface area (Å²) in [5.74, 6) is -0.353. The third-order valence-corrected chi connectivity index (χ3v) is 4.36. The zero-order chi connectivity index (χ0) is 16.8. The highest BCUT2D eigenvalue weighted by molar-refractivity contribution is 5.92. The first kappa shape index (κ1) is 16.4. The summed E-state index contributed by atoms with van der Waals surface area (Å²) in [6.45, 7) is 0.357. The lowest BCUT2D eigenvalue weighted by Crippen LogP contribution is -2.45. The quantitative estimate of drug-likeness (QED) is 0.911. The number of hydrogen-bond acceptors (Lipinski definition) is 2. The molecule has 5 heteroatoms. The van der Waals surface area contributed by atoms with E-state index in [4.69, 9.17) is 0 Å². The zero-order valence-electron chi connectivity index (χ0n) is 13.6. The molecule has 0 saturated heterocycles. The van der Waals surface area contributed by atoms with Gasteiger partial charge in [-0.3, -0.25) is 9.88 Å². The molecule has 126 valence electrons. The fourth-order valence-corrected chi connectivity index (χ4v) is 3.10. The maximum absolute atomic E-state index is 13.6. The van der Waals surface area contributed by atoms with E-state index in [1.807, 2.05) is 12.1 Å². The number of halogens is 1. The van der Waals surface area contributed by atoms with Crippen molar-refractivity contribution in [3.05, 3.63) is 60.2 Å². The number of benzene rings is 1. The van der Waals surface area contributed by atoms with Crippen molar-refractivity contribution in [3.63, 3.8) is 0 Å². The van der Waals surface area contributed by atoms with E-state index in [0.29, 0.717) is 12.2 Å². The number of carbonyl (C=O) groups is 1. The number of urea groups is 1. The molecule has 3 rings (SSSR count).